The molecule has 4 rings (SSSR count). The van der Waals surface area contributed by atoms with Crippen LogP contribution in [0.1, 0.15) is 32.0 Å². The maximum absolute atomic E-state index is 13.7. The molecule has 2 aromatic carbocycles. The second-order valence-electron chi connectivity index (χ2n) is 7.73. The van der Waals surface area contributed by atoms with Crippen LogP contribution in [0.5, 0.6) is 0 Å². The fraction of sp³-hybridized carbons (Fsp3) is 0.0769. The van der Waals surface area contributed by atoms with Crippen LogP contribution in [-0.4, -0.2) is 21.8 Å². The lowest BCUT2D eigenvalue weighted by molar-refractivity contribution is -0.137. The molecular formula is C26H19F3N4O2. The van der Waals surface area contributed by atoms with Crippen molar-refractivity contribution in [1.82, 2.24) is 9.97 Å². The Bertz CT molecular complexity index is 1420. The lowest BCUT2D eigenvalue weighted by atomic mass is 9.99. The van der Waals surface area contributed by atoms with Crippen LogP contribution in [0.3, 0.4) is 0 Å². The number of alkyl halides is 3. The van der Waals surface area contributed by atoms with Crippen LogP contribution in [0.15, 0.2) is 79.0 Å². The Morgan fingerprint density at radius 3 is 2.31 bits per heavy atom. The minimum atomic E-state index is -4.64. The monoisotopic (exact) mass is 476 g/mol. The number of carbonyl (C=O) groups excluding carboxylic acids is 2. The van der Waals surface area contributed by atoms with Crippen LogP contribution in [0, 0.1) is 6.92 Å². The molecule has 2 heterocycles. The van der Waals surface area contributed by atoms with Gasteiger partial charge in [0.05, 0.1) is 28.2 Å². The van der Waals surface area contributed by atoms with Gasteiger partial charge in [0.15, 0.2) is 0 Å². The molecule has 0 fully saturated rings. The molecule has 3 N–H and O–H groups in total. The number of benzene rings is 2. The van der Waals surface area contributed by atoms with Gasteiger partial charge in [0, 0.05) is 28.6 Å². The highest BCUT2D eigenvalue weighted by Crippen LogP contribution is 2.37. The maximum Gasteiger partial charge on any atom is 0.417 e. The van der Waals surface area contributed by atoms with Crippen molar-refractivity contribution >= 4 is 17.5 Å². The first-order valence-corrected chi connectivity index (χ1v) is 10.5. The number of aryl methyl sites for hydroxylation is 1. The van der Waals surface area contributed by atoms with Gasteiger partial charge in [-0.05, 0) is 43.3 Å². The highest BCUT2D eigenvalue weighted by Gasteiger charge is 2.34. The molecule has 0 aliphatic carbocycles. The molecule has 2 amide bonds. The van der Waals surface area contributed by atoms with Gasteiger partial charge in [0.25, 0.3) is 5.91 Å². The summed E-state index contributed by atoms with van der Waals surface area (Å²) >= 11 is 0. The Morgan fingerprint density at radius 2 is 1.66 bits per heavy atom. The summed E-state index contributed by atoms with van der Waals surface area (Å²) in [4.78, 5) is 33.3. The molecule has 0 aliphatic rings. The van der Waals surface area contributed by atoms with Crippen LogP contribution in [-0.2, 0) is 6.18 Å². The van der Waals surface area contributed by atoms with E-state index in [2.05, 4.69) is 15.3 Å². The zero-order valence-corrected chi connectivity index (χ0v) is 18.4. The molecule has 4 aromatic rings. The Balaban J connectivity index is 1.77. The van der Waals surface area contributed by atoms with E-state index in [-0.39, 0.29) is 28.1 Å². The predicted octanol–water partition coefficient (Wildman–Crippen LogP) is 5.49. The van der Waals surface area contributed by atoms with Gasteiger partial charge in [-0.2, -0.15) is 13.2 Å². The van der Waals surface area contributed by atoms with Crippen LogP contribution < -0.4 is 11.1 Å². The van der Waals surface area contributed by atoms with E-state index in [1.807, 2.05) is 6.07 Å². The van der Waals surface area contributed by atoms with Crippen molar-refractivity contribution in [2.45, 2.75) is 13.1 Å². The highest BCUT2D eigenvalue weighted by molar-refractivity contribution is 6.07. The predicted molar refractivity (Wildman–Crippen MR) is 126 cm³/mol. The van der Waals surface area contributed by atoms with Crippen molar-refractivity contribution in [3.8, 4) is 22.5 Å². The van der Waals surface area contributed by atoms with Gasteiger partial charge in [0.1, 0.15) is 0 Å². The van der Waals surface area contributed by atoms with Crippen molar-refractivity contribution in [2.75, 3.05) is 5.32 Å². The highest BCUT2D eigenvalue weighted by atomic mass is 19.4. The van der Waals surface area contributed by atoms with E-state index < -0.39 is 23.6 Å². The van der Waals surface area contributed by atoms with Gasteiger partial charge >= 0.3 is 6.18 Å². The normalized spacial score (nSPS) is 11.2. The zero-order valence-electron chi connectivity index (χ0n) is 18.4. The number of nitrogens with two attached hydrogens (primary N) is 1. The minimum Gasteiger partial charge on any atom is -0.366 e. The van der Waals surface area contributed by atoms with Crippen molar-refractivity contribution in [1.29, 1.82) is 0 Å². The number of amides is 2. The molecule has 176 valence electrons. The van der Waals surface area contributed by atoms with E-state index in [0.717, 1.165) is 18.2 Å². The summed E-state index contributed by atoms with van der Waals surface area (Å²) in [6.45, 7) is 1.66. The molecule has 2 aromatic heterocycles. The lowest BCUT2D eigenvalue weighted by Crippen LogP contribution is -2.17. The largest absolute Gasteiger partial charge is 0.417 e. The molecule has 0 unspecified atom stereocenters. The van der Waals surface area contributed by atoms with E-state index in [0.29, 0.717) is 17.0 Å². The van der Waals surface area contributed by atoms with Gasteiger partial charge in [0.2, 0.25) is 5.91 Å². The number of pyridine rings is 2. The number of carbonyl (C=O) groups is 2. The molecule has 0 saturated heterocycles. The summed E-state index contributed by atoms with van der Waals surface area (Å²) in [5, 5.41) is 2.66. The second kappa shape index (κ2) is 9.38. The summed E-state index contributed by atoms with van der Waals surface area (Å²) in [6.07, 6.45) is -3.35. The summed E-state index contributed by atoms with van der Waals surface area (Å²) in [6, 6.07) is 18.1. The number of nitrogens with one attached hydrogen (secondary N) is 1. The fourth-order valence-corrected chi connectivity index (χ4v) is 3.55. The lowest BCUT2D eigenvalue weighted by Gasteiger charge is -2.15. The average molecular weight is 476 g/mol. The number of nitrogens with zero attached hydrogens (tertiary/aromatic N) is 2. The SMILES string of the molecule is Cc1cccc(-c2cc(C(=O)Nc3cc(C(N)=O)cnc3-c3ccccc3)ccc2C(F)(F)F)n1. The Kier molecular flexibility index (Phi) is 6.33. The van der Waals surface area contributed by atoms with E-state index in [1.54, 1.807) is 43.3 Å². The van der Waals surface area contributed by atoms with E-state index in [4.69, 9.17) is 5.73 Å². The number of primary amides is 1. The van der Waals surface area contributed by atoms with Gasteiger partial charge in [-0.15, -0.1) is 0 Å². The Labute approximate surface area is 198 Å². The minimum absolute atomic E-state index is 0.0280. The third-order valence-corrected chi connectivity index (χ3v) is 5.22. The Hall–Kier alpha value is -4.53. The number of hydrogen-bond acceptors (Lipinski definition) is 4. The smallest absolute Gasteiger partial charge is 0.366 e. The summed E-state index contributed by atoms with van der Waals surface area (Å²) < 4.78 is 41.1. The van der Waals surface area contributed by atoms with Gasteiger partial charge in [-0.25, -0.2) is 0 Å². The van der Waals surface area contributed by atoms with Crippen molar-refractivity contribution in [3.63, 3.8) is 0 Å². The van der Waals surface area contributed by atoms with Crippen molar-refractivity contribution in [2.24, 2.45) is 5.73 Å². The third kappa shape index (κ3) is 5.19. The third-order valence-electron chi connectivity index (χ3n) is 5.22. The van der Waals surface area contributed by atoms with E-state index in [9.17, 15) is 22.8 Å². The van der Waals surface area contributed by atoms with E-state index >= 15 is 0 Å². The number of halogens is 3. The summed E-state index contributed by atoms with van der Waals surface area (Å²) in [5.41, 5.74) is 6.12. The number of aromatic nitrogens is 2. The molecule has 0 aliphatic heterocycles. The topological polar surface area (TPSA) is 98.0 Å². The molecular weight excluding hydrogens is 457 g/mol. The Morgan fingerprint density at radius 1 is 0.914 bits per heavy atom. The molecule has 0 atom stereocenters. The fourth-order valence-electron chi connectivity index (χ4n) is 3.55. The number of hydrogen-bond donors (Lipinski definition) is 2. The van der Waals surface area contributed by atoms with Gasteiger partial charge < -0.3 is 11.1 Å². The number of anilines is 1. The first-order chi connectivity index (χ1) is 16.6. The average Bonchev–Trinajstić information content (AvgIpc) is 2.83. The molecule has 0 radical (unpaired) electrons. The van der Waals surface area contributed by atoms with Crippen LogP contribution in [0.4, 0.5) is 18.9 Å². The quantitative estimate of drug-likeness (QED) is 0.398. The molecule has 9 heteroatoms. The van der Waals surface area contributed by atoms with Crippen LogP contribution in [0.25, 0.3) is 22.5 Å². The zero-order chi connectivity index (χ0) is 25.2. The summed E-state index contributed by atoms with van der Waals surface area (Å²) in [5.74, 6) is -1.43. The molecule has 6 nitrogen and oxygen atoms in total. The standard InChI is InChI=1S/C26H19F3N4O2/c1-15-6-5-9-21(32-15)19-12-17(10-11-20(19)26(27,28)29)25(35)33-22-13-18(24(30)34)14-31-23(22)16-7-3-2-4-8-16/h2-14H,1H3,(H2,30,34)(H,33,35). The summed E-state index contributed by atoms with van der Waals surface area (Å²) in [7, 11) is 0. The van der Waals surface area contributed by atoms with Crippen LogP contribution in [0.2, 0.25) is 0 Å². The van der Waals surface area contributed by atoms with Crippen molar-refractivity contribution < 1.29 is 22.8 Å². The first-order valence-electron chi connectivity index (χ1n) is 10.5. The number of rotatable bonds is 5. The van der Waals surface area contributed by atoms with Gasteiger partial charge in [-0.1, -0.05) is 36.4 Å². The molecule has 0 spiro atoms. The van der Waals surface area contributed by atoms with Crippen LogP contribution >= 0.6 is 0 Å². The van der Waals surface area contributed by atoms with Crippen molar-refractivity contribution in [3.05, 3.63) is 101 Å². The molecule has 35 heavy (non-hydrogen) atoms. The molecule has 0 saturated carbocycles. The van der Waals surface area contributed by atoms with E-state index in [1.165, 1.54) is 18.3 Å². The molecule has 0 bridgehead atoms. The maximum atomic E-state index is 13.7. The second-order valence-corrected chi connectivity index (χ2v) is 7.73. The first kappa shape index (κ1) is 23.6. The van der Waals surface area contributed by atoms with Gasteiger partial charge in [-0.3, -0.25) is 19.6 Å².